The van der Waals surface area contributed by atoms with Crippen molar-refractivity contribution in [3.8, 4) is 0 Å². The second-order valence-corrected chi connectivity index (χ2v) is 4.55. The molecule has 3 aromatic rings. The molecule has 0 aliphatic carbocycles. The SMILES string of the molecule is CCc1ccc2c(c1)oc1ccc(C(C)=O)cc12. The molecule has 2 heteroatoms. The van der Waals surface area contributed by atoms with Crippen molar-refractivity contribution < 1.29 is 9.21 Å². The zero-order valence-corrected chi connectivity index (χ0v) is 10.5. The fourth-order valence-corrected chi connectivity index (χ4v) is 2.26. The summed E-state index contributed by atoms with van der Waals surface area (Å²) in [5, 5.41) is 2.09. The summed E-state index contributed by atoms with van der Waals surface area (Å²) in [6, 6.07) is 11.9. The van der Waals surface area contributed by atoms with Crippen LogP contribution in [0.4, 0.5) is 0 Å². The molecule has 3 rings (SSSR count). The summed E-state index contributed by atoms with van der Waals surface area (Å²) in [7, 11) is 0. The van der Waals surface area contributed by atoms with Crippen LogP contribution in [0.15, 0.2) is 40.8 Å². The predicted octanol–water partition coefficient (Wildman–Crippen LogP) is 4.35. The number of ketones is 1. The summed E-state index contributed by atoms with van der Waals surface area (Å²) in [6.45, 7) is 3.70. The third-order valence-corrected chi connectivity index (χ3v) is 3.35. The van der Waals surface area contributed by atoms with Gasteiger partial charge in [0, 0.05) is 16.3 Å². The molecule has 0 atom stereocenters. The fourth-order valence-electron chi connectivity index (χ4n) is 2.26. The molecule has 90 valence electrons. The normalized spacial score (nSPS) is 11.2. The summed E-state index contributed by atoms with van der Waals surface area (Å²) in [5.41, 5.74) is 3.71. The van der Waals surface area contributed by atoms with Crippen molar-refractivity contribution >= 4 is 27.7 Å². The predicted molar refractivity (Wildman–Crippen MR) is 73.1 cm³/mol. The third-order valence-electron chi connectivity index (χ3n) is 3.35. The van der Waals surface area contributed by atoms with Gasteiger partial charge in [-0.3, -0.25) is 4.79 Å². The Kier molecular flexibility index (Phi) is 2.44. The first kappa shape index (κ1) is 11.0. The van der Waals surface area contributed by atoms with Crippen molar-refractivity contribution in [2.24, 2.45) is 0 Å². The Balaban J connectivity index is 2.34. The van der Waals surface area contributed by atoms with Gasteiger partial charge in [-0.2, -0.15) is 0 Å². The molecule has 0 spiro atoms. The molecule has 0 saturated heterocycles. The van der Waals surface area contributed by atoms with Gasteiger partial charge in [0.05, 0.1) is 0 Å². The Hall–Kier alpha value is -2.09. The Labute approximate surface area is 105 Å². The van der Waals surface area contributed by atoms with E-state index in [1.165, 1.54) is 5.56 Å². The average molecular weight is 238 g/mol. The van der Waals surface area contributed by atoms with Crippen molar-refractivity contribution in [3.63, 3.8) is 0 Å². The molecule has 0 fully saturated rings. The van der Waals surface area contributed by atoms with E-state index in [0.29, 0.717) is 0 Å². The molecule has 0 radical (unpaired) electrons. The van der Waals surface area contributed by atoms with Gasteiger partial charge >= 0.3 is 0 Å². The largest absolute Gasteiger partial charge is 0.456 e. The van der Waals surface area contributed by atoms with Crippen LogP contribution in [0, 0.1) is 0 Å². The molecule has 0 aliphatic heterocycles. The topological polar surface area (TPSA) is 30.2 Å². The van der Waals surface area contributed by atoms with Gasteiger partial charge in [-0.05, 0) is 43.2 Å². The van der Waals surface area contributed by atoms with Crippen LogP contribution in [0.3, 0.4) is 0 Å². The number of carbonyl (C=O) groups excluding carboxylic acids is 1. The van der Waals surface area contributed by atoms with Gasteiger partial charge in [-0.1, -0.05) is 19.1 Å². The minimum Gasteiger partial charge on any atom is -0.456 e. The first-order chi connectivity index (χ1) is 8.69. The van der Waals surface area contributed by atoms with E-state index in [-0.39, 0.29) is 5.78 Å². The number of carbonyl (C=O) groups is 1. The van der Waals surface area contributed by atoms with Crippen molar-refractivity contribution in [1.29, 1.82) is 0 Å². The van der Waals surface area contributed by atoms with Crippen LogP contribution in [0.25, 0.3) is 21.9 Å². The molecular weight excluding hydrogens is 224 g/mol. The molecule has 2 nitrogen and oxygen atoms in total. The van der Waals surface area contributed by atoms with Gasteiger partial charge in [-0.25, -0.2) is 0 Å². The molecule has 2 aromatic carbocycles. The number of fused-ring (bicyclic) bond motifs is 3. The first-order valence-corrected chi connectivity index (χ1v) is 6.15. The van der Waals surface area contributed by atoms with E-state index in [4.69, 9.17) is 4.42 Å². The van der Waals surface area contributed by atoms with Gasteiger partial charge in [-0.15, -0.1) is 0 Å². The zero-order valence-electron chi connectivity index (χ0n) is 10.5. The summed E-state index contributed by atoms with van der Waals surface area (Å²) in [6.07, 6.45) is 0.992. The van der Waals surface area contributed by atoms with Crippen molar-refractivity contribution in [2.75, 3.05) is 0 Å². The van der Waals surface area contributed by atoms with Gasteiger partial charge in [0.1, 0.15) is 11.2 Å². The molecule has 1 heterocycles. The summed E-state index contributed by atoms with van der Waals surface area (Å²) in [5.74, 6) is 0.0800. The van der Waals surface area contributed by atoms with Crippen LogP contribution in [0.5, 0.6) is 0 Å². The lowest BCUT2D eigenvalue weighted by Crippen LogP contribution is -1.89. The Morgan fingerprint density at radius 3 is 2.61 bits per heavy atom. The first-order valence-electron chi connectivity index (χ1n) is 6.15. The number of hydrogen-bond donors (Lipinski definition) is 0. The quantitative estimate of drug-likeness (QED) is 0.621. The summed E-state index contributed by atoms with van der Waals surface area (Å²) >= 11 is 0. The second-order valence-electron chi connectivity index (χ2n) is 4.55. The minimum atomic E-state index is 0.0800. The Morgan fingerprint density at radius 2 is 1.89 bits per heavy atom. The van der Waals surface area contributed by atoms with Crippen LogP contribution in [-0.2, 0) is 6.42 Å². The number of furan rings is 1. The van der Waals surface area contributed by atoms with E-state index < -0.39 is 0 Å². The standard InChI is InChI=1S/C16H14O2/c1-3-11-4-6-13-14-9-12(10(2)17)5-7-15(14)18-16(13)8-11/h4-9H,3H2,1-2H3. The number of benzene rings is 2. The highest BCUT2D eigenvalue weighted by Crippen LogP contribution is 2.30. The van der Waals surface area contributed by atoms with Crippen molar-refractivity contribution in [1.82, 2.24) is 0 Å². The Bertz CT molecular complexity index is 750. The van der Waals surface area contributed by atoms with Crippen molar-refractivity contribution in [3.05, 3.63) is 47.5 Å². The van der Waals surface area contributed by atoms with E-state index >= 15 is 0 Å². The van der Waals surface area contributed by atoms with Crippen LogP contribution in [-0.4, -0.2) is 5.78 Å². The molecule has 0 unspecified atom stereocenters. The highest BCUT2D eigenvalue weighted by atomic mass is 16.3. The van der Waals surface area contributed by atoms with Gasteiger partial charge < -0.3 is 4.42 Å². The molecule has 0 saturated carbocycles. The molecule has 1 aromatic heterocycles. The molecule has 0 aliphatic rings. The molecule has 0 N–H and O–H groups in total. The van der Waals surface area contributed by atoms with Crippen LogP contribution >= 0.6 is 0 Å². The zero-order chi connectivity index (χ0) is 12.7. The molecule has 0 bridgehead atoms. The maximum absolute atomic E-state index is 11.4. The summed E-state index contributed by atoms with van der Waals surface area (Å²) in [4.78, 5) is 11.4. The average Bonchev–Trinajstić information content (AvgIpc) is 2.74. The molecule has 0 amide bonds. The van der Waals surface area contributed by atoms with Gasteiger partial charge in [0.15, 0.2) is 5.78 Å². The Morgan fingerprint density at radius 1 is 1.06 bits per heavy atom. The van der Waals surface area contributed by atoms with Crippen LogP contribution in [0.1, 0.15) is 29.8 Å². The van der Waals surface area contributed by atoms with Gasteiger partial charge in [0.25, 0.3) is 0 Å². The highest BCUT2D eigenvalue weighted by molar-refractivity contribution is 6.08. The van der Waals surface area contributed by atoms with E-state index in [0.717, 1.165) is 33.9 Å². The highest BCUT2D eigenvalue weighted by Gasteiger charge is 2.09. The lowest BCUT2D eigenvalue weighted by atomic mass is 10.1. The second kappa shape index (κ2) is 3.98. The van der Waals surface area contributed by atoms with Gasteiger partial charge in [0.2, 0.25) is 0 Å². The number of aryl methyl sites for hydroxylation is 1. The smallest absolute Gasteiger partial charge is 0.159 e. The van der Waals surface area contributed by atoms with E-state index in [1.54, 1.807) is 6.92 Å². The number of hydrogen-bond acceptors (Lipinski definition) is 2. The van der Waals surface area contributed by atoms with E-state index in [1.807, 2.05) is 18.2 Å². The lowest BCUT2D eigenvalue weighted by molar-refractivity contribution is 0.101. The molecular formula is C16H14O2. The monoisotopic (exact) mass is 238 g/mol. The third kappa shape index (κ3) is 1.61. The number of rotatable bonds is 2. The van der Waals surface area contributed by atoms with E-state index in [9.17, 15) is 4.79 Å². The molecule has 18 heavy (non-hydrogen) atoms. The van der Waals surface area contributed by atoms with E-state index in [2.05, 4.69) is 25.1 Å². The van der Waals surface area contributed by atoms with Crippen molar-refractivity contribution in [2.45, 2.75) is 20.3 Å². The fraction of sp³-hybridized carbons (Fsp3) is 0.188. The van der Waals surface area contributed by atoms with Crippen LogP contribution in [0.2, 0.25) is 0 Å². The minimum absolute atomic E-state index is 0.0800. The number of Topliss-reactive ketones (excluding diaryl/α,β-unsaturated/α-hetero) is 1. The maximum atomic E-state index is 11.4. The lowest BCUT2D eigenvalue weighted by Gasteiger charge is -1.96. The maximum Gasteiger partial charge on any atom is 0.159 e. The van der Waals surface area contributed by atoms with Crippen LogP contribution < -0.4 is 0 Å². The summed E-state index contributed by atoms with van der Waals surface area (Å²) < 4.78 is 5.82.